The van der Waals surface area contributed by atoms with Crippen LogP contribution in [0.25, 0.3) is 16.7 Å². The molecule has 0 aliphatic carbocycles. The van der Waals surface area contributed by atoms with Gasteiger partial charge in [-0.2, -0.15) is 9.78 Å². The summed E-state index contributed by atoms with van der Waals surface area (Å²) in [5.74, 6) is -0.294. The largest absolute Gasteiger partial charge is 0.495 e. The van der Waals surface area contributed by atoms with E-state index in [1.807, 2.05) is 30.3 Å². The molecule has 0 spiro atoms. The van der Waals surface area contributed by atoms with Gasteiger partial charge in [-0.05, 0) is 49.7 Å². The van der Waals surface area contributed by atoms with Crippen LogP contribution in [0.5, 0.6) is 5.75 Å². The van der Waals surface area contributed by atoms with Gasteiger partial charge < -0.3 is 9.47 Å². The molecule has 0 fully saturated rings. The van der Waals surface area contributed by atoms with Crippen molar-refractivity contribution in [3.63, 3.8) is 0 Å². The lowest BCUT2D eigenvalue weighted by molar-refractivity contribution is 0.0527. The van der Waals surface area contributed by atoms with Crippen LogP contribution in [-0.4, -0.2) is 42.9 Å². The number of aromatic nitrogens is 3. The van der Waals surface area contributed by atoms with Crippen molar-refractivity contribution in [1.82, 2.24) is 14.8 Å². The van der Waals surface area contributed by atoms with Crippen LogP contribution in [0.4, 0.5) is 5.82 Å². The molecule has 0 aliphatic heterocycles. The average molecular weight is 467 g/mol. The van der Waals surface area contributed by atoms with Crippen molar-refractivity contribution >= 4 is 32.7 Å². The maximum Gasteiger partial charge on any atom is 0.343 e. The molecule has 0 amide bonds. The summed E-state index contributed by atoms with van der Waals surface area (Å²) in [5, 5.41) is 5.14. The Balaban J connectivity index is 1.86. The zero-order valence-electron chi connectivity index (χ0n) is 18.3. The summed E-state index contributed by atoms with van der Waals surface area (Å²) in [5.41, 5.74) is 1.38. The minimum atomic E-state index is -4.16. The number of pyridine rings is 1. The highest BCUT2D eigenvalue weighted by Crippen LogP contribution is 2.29. The van der Waals surface area contributed by atoms with Gasteiger partial charge in [-0.3, -0.25) is 4.72 Å². The Labute approximate surface area is 191 Å². The molecule has 2 heterocycles. The van der Waals surface area contributed by atoms with E-state index in [0.717, 1.165) is 10.9 Å². The molecule has 1 N–H and O–H groups in total. The lowest BCUT2D eigenvalue weighted by Gasteiger charge is -2.14. The molecule has 0 unspecified atom stereocenters. The second-order valence-electron chi connectivity index (χ2n) is 7.16. The Morgan fingerprint density at radius 3 is 2.67 bits per heavy atom. The van der Waals surface area contributed by atoms with Gasteiger partial charge in [0.25, 0.3) is 10.0 Å². The van der Waals surface area contributed by atoms with E-state index in [0.29, 0.717) is 11.3 Å². The monoisotopic (exact) mass is 466 g/mol. The molecule has 33 heavy (non-hydrogen) atoms. The van der Waals surface area contributed by atoms with Crippen molar-refractivity contribution in [3.8, 4) is 11.6 Å². The third-order valence-electron chi connectivity index (χ3n) is 4.90. The second kappa shape index (κ2) is 8.91. The van der Waals surface area contributed by atoms with Crippen LogP contribution in [0, 0.1) is 6.92 Å². The molecule has 0 saturated heterocycles. The first kappa shape index (κ1) is 22.3. The summed E-state index contributed by atoms with van der Waals surface area (Å²) >= 11 is 0. The molecule has 0 radical (unpaired) electrons. The zero-order valence-corrected chi connectivity index (χ0v) is 19.1. The zero-order chi connectivity index (χ0) is 23.6. The number of hydrogen-bond donors (Lipinski definition) is 1. The summed E-state index contributed by atoms with van der Waals surface area (Å²) < 4.78 is 40.8. The number of rotatable bonds is 7. The molecule has 2 aromatic carbocycles. The summed E-state index contributed by atoms with van der Waals surface area (Å²) in [6.07, 6.45) is 1.25. The van der Waals surface area contributed by atoms with E-state index in [1.165, 1.54) is 24.1 Å². The highest BCUT2D eigenvalue weighted by Gasteiger charge is 2.27. The number of fused-ring (bicyclic) bond motifs is 1. The number of hydrogen-bond acceptors (Lipinski definition) is 7. The number of anilines is 1. The van der Waals surface area contributed by atoms with Gasteiger partial charge in [0.15, 0.2) is 11.6 Å². The molecule has 2 aromatic heterocycles. The lowest BCUT2D eigenvalue weighted by Crippen LogP contribution is -2.19. The SMILES string of the molecule is CCOC(=O)c1cnn(-c2ccc3ccccc3n2)c1NS(=O)(=O)c1cc(C)ccc1OC. The van der Waals surface area contributed by atoms with Crippen molar-refractivity contribution in [2.45, 2.75) is 18.7 Å². The van der Waals surface area contributed by atoms with Crippen LogP contribution in [-0.2, 0) is 14.8 Å². The Morgan fingerprint density at radius 2 is 1.91 bits per heavy atom. The fourth-order valence-corrected chi connectivity index (χ4v) is 4.65. The van der Waals surface area contributed by atoms with Gasteiger partial charge in [-0.1, -0.05) is 24.3 Å². The molecule has 0 atom stereocenters. The van der Waals surface area contributed by atoms with Crippen molar-refractivity contribution in [3.05, 3.63) is 71.9 Å². The van der Waals surface area contributed by atoms with E-state index in [2.05, 4.69) is 14.8 Å². The van der Waals surface area contributed by atoms with Crippen LogP contribution >= 0.6 is 0 Å². The number of carbonyl (C=O) groups excluding carboxylic acids is 1. The van der Waals surface area contributed by atoms with Crippen molar-refractivity contribution < 1.29 is 22.7 Å². The van der Waals surface area contributed by atoms with E-state index < -0.39 is 16.0 Å². The number of ether oxygens (including phenoxy) is 2. The maximum atomic E-state index is 13.4. The van der Waals surface area contributed by atoms with Crippen LogP contribution in [0.15, 0.2) is 65.7 Å². The Hall–Kier alpha value is -3.92. The minimum absolute atomic E-state index is 0.0398. The van der Waals surface area contributed by atoms with Crippen LogP contribution < -0.4 is 9.46 Å². The molecule has 0 bridgehead atoms. The number of nitrogens with one attached hydrogen (secondary N) is 1. The highest BCUT2D eigenvalue weighted by atomic mass is 32.2. The molecule has 4 rings (SSSR count). The Bertz CT molecular complexity index is 1450. The molecule has 10 heteroatoms. The van der Waals surface area contributed by atoms with Crippen LogP contribution in [0.3, 0.4) is 0 Å². The molecular formula is C23H22N4O5S. The van der Waals surface area contributed by atoms with Gasteiger partial charge in [0.2, 0.25) is 0 Å². The van der Waals surface area contributed by atoms with E-state index >= 15 is 0 Å². The third kappa shape index (κ3) is 4.37. The fourth-order valence-electron chi connectivity index (χ4n) is 3.33. The van der Waals surface area contributed by atoms with Crippen molar-refractivity contribution in [2.75, 3.05) is 18.4 Å². The average Bonchev–Trinajstić information content (AvgIpc) is 3.21. The summed E-state index contributed by atoms with van der Waals surface area (Å²) in [6.45, 7) is 3.55. The minimum Gasteiger partial charge on any atom is -0.495 e. The molecule has 0 saturated carbocycles. The first-order valence-electron chi connectivity index (χ1n) is 10.1. The topological polar surface area (TPSA) is 112 Å². The first-order chi connectivity index (χ1) is 15.8. The summed E-state index contributed by atoms with van der Waals surface area (Å²) in [7, 11) is -2.78. The molecule has 4 aromatic rings. The predicted octanol–water partition coefficient (Wildman–Crippen LogP) is 3.72. The van der Waals surface area contributed by atoms with E-state index in [4.69, 9.17) is 9.47 Å². The van der Waals surface area contributed by atoms with Crippen molar-refractivity contribution in [2.24, 2.45) is 0 Å². The Morgan fingerprint density at radius 1 is 1.12 bits per heavy atom. The first-order valence-corrected chi connectivity index (χ1v) is 11.6. The molecule has 170 valence electrons. The predicted molar refractivity (Wildman–Crippen MR) is 123 cm³/mol. The van der Waals surface area contributed by atoms with Gasteiger partial charge >= 0.3 is 5.97 Å². The highest BCUT2D eigenvalue weighted by molar-refractivity contribution is 7.92. The number of sulfonamides is 1. The number of para-hydroxylation sites is 1. The number of aryl methyl sites for hydroxylation is 1. The molecule has 9 nitrogen and oxygen atoms in total. The van der Waals surface area contributed by atoms with Crippen LogP contribution in [0.2, 0.25) is 0 Å². The standard InChI is InChI=1S/C23H22N4O5S/c1-4-32-23(28)17-14-24-27(21-12-10-16-7-5-6-8-18(16)25-21)22(17)26-33(29,30)20-13-15(2)9-11-19(20)31-3/h5-14,26H,4H2,1-3H3. The third-order valence-corrected chi connectivity index (χ3v) is 6.27. The quantitative estimate of drug-likeness (QED) is 0.413. The van der Waals surface area contributed by atoms with Gasteiger partial charge in [0.1, 0.15) is 16.2 Å². The van der Waals surface area contributed by atoms with E-state index in [1.54, 1.807) is 32.0 Å². The smallest absolute Gasteiger partial charge is 0.343 e. The second-order valence-corrected chi connectivity index (χ2v) is 8.81. The summed E-state index contributed by atoms with van der Waals surface area (Å²) in [6, 6.07) is 15.8. The number of benzene rings is 2. The lowest BCUT2D eigenvalue weighted by atomic mass is 10.2. The van der Waals surface area contributed by atoms with Gasteiger partial charge in [-0.15, -0.1) is 0 Å². The van der Waals surface area contributed by atoms with E-state index in [9.17, 15) is 13.2 Å². The van der Waals surface area contributed by atoms with Gasteiger partial charge in [-0.25, -0.2) is 18.2 Å². The van der Waals surface area contributed by atoms with Gasteiger partial charge in [0.05, 0.1) is 25.4 Å². The van der Waals surface area contributed by atoms with Crippen LogP contribution in [0.1, 0.15) is 22.8 Å². The maximum absolute atomic E-state index is 13.4. The molecular weight excluding hydrogens is 444 g/mol. The Kier molecular flexibility index (Phi) is 6.01. The summed E-state index contributed by atoms with van der Waals surface area (Å²) in [4.78, 5) is 17.1. The number of carbonyl (C=O) groups is 1. The van der Waals surface area contributed by atoms with Gasteiger partial charge in [0, 0.05) is 5.39 Å². The number of nitrogens with zero attached hydrogens (tertiary/aromatic N) is 3. The van der Waals surface area contributed by atoms with Crippen molar-refractivity contribution in [1.29, 1.82) is 0 Å². The fraction of sp³-hybridized carbons (Fsp3) is 0.174. The number of methoxy groups -OCH3 is 1. The molecule has 0 aliphatic rings. The van der Waals surface area contributed by atoms with E-state index in [-0.39, 0.29) is 28.6 Å². The normalized spacial score (nSPS) is 11.4. The number of esters is 1.